The van der Waals surface area contributed by atoms with E-state index in [4.69, 9.17) is 63.4 Å². The van der Waals surface area contributed by atoms with Crippen LogP contribution in [0.1, 0.15) is 16.8 Å². The molecule has 12 heteroatoms. The minimum Gasteiger partial charge on any atom is -0.482 e. The number of ether oxygens (including phenoxy) is 1. The van der Waals surface area contributed by atoms with Crippen LogP contribution in [0.15, 0.2) is 36.4 Å². The molecule has 0 saturated carbocycles. The lowest BCUT2D eigenvalue weighted by Crippen LogP contribution is -2.39. The Labute approximate surface area is 201 Å². The van der Waals surface area contributed by atoms with Crippen molar-refractivity contribution in [2.45, 2.75) is 12.0 Å². The summed E-state index contributed by atoms with van der Waals surface area (Å²) in [5.74, 6) is 0.770. The van der Waals surface area contributed by atoms with E-state index in [2.05, 4.69) is 10.2 Å². The van der Waals surface area contributed by atoms with Gasteiger partial charge in [0, 0.05) is 15.6 Å². The molecule has 1 fully saturated rings. The molecule has 6 nitrogen and oxygen atoms in total. The van der Waals surface area contributed by atoms with Gasteiger partial charge in [0.15, 0.2) is 11.6 Å². The van der Waals surface area contributed by atoms with E-state index in [0.29, 0.717) is 15.9 Å². The number of H-pyrrole nitrogens is 1. The highest BCUT2D eigenvalue weighted by Gasteiger charge is 2.37. The summed E-state index contributed by atoms with van der Waals surface area (Å²) >= 11 is 31.5. The Bertz CT molecular complexity index is 1160. The number of aromatic amines is 1. The van der Waals surface area contributed by atoms with E-state index in [1.165, 1.54) is 33.6 Å². The van der Waals surface area contributed by atoms with Gasteiger partial charge in [0.25, 0.3) is 5.91 Å². The van der Waals surface area contributed by atoms with E-state index in [1.54, 1.807) is 6.07 Å². The second-order valence-corrected chi connectivity index (χ2v) is 9.28. The van der Waals surface area contributed by atoms with Gasteiger partial charge in [-0.05, 0) is 30.4 Å². The summed E-state index contributed by atoms with van der Waals surface area (Å²) in [4.78, 5) is 12.7. The largest absolute Gasteiger partial charge is 0.482 e. The van der Waals surface area contributed by atoms with Gasteiger partial charge in [-0.1, -0.05) is 64.6 Å². The number of thioether (sulfide) groups is 1. The number of benzene rings is 2. The molecule has 0 spiro atoms. The van der Waals surface area contributed by atoms with E-state index in [-0.39, 0.29) is 44.2 Å². The van der Waals surface area contributed by atoms with E-state index < -0.39 is 0 Å². The minimum absolute atomic E-state index is 0.0437. The van der Waals surface area contributed by atoms with E-state index in [0.717, 1.165) is 5.56 Å². The maximum atomic E-state index is 12.7. The Hall–Kier alpha value is -1.42. The van der Waals surface area contributed by atoms with Crippen LogP contribution in [0.2, 0.25) is 20.1 Å². The van der Waals surface area contributed by atoms with Gasteiger partial charge in [-0.25, -0.2) is 9.69 Å². The zero-order valence-corrected chi connectivity index (χ0v) is 19.6. The summed E-state index contributed by atoms with van der Waals surface area (Å²) in [5, 5.41) is 9.55. The highest BCUT2D eigenvalue weighted by Crippen LogP contribution is 2.41. The van der Waals surface area contributed by atoms with Gasteiger partial charge in [0.1, 0.15) is 12.0 Å². The average Bonchev–Trinajstić information content (AvgIpc) is 3.23. The molecule has 30 heavy (non-hydrogen) atoms. The smallest absolute Gasteiger partial charge is 0.252 e. The summed E-state index contributed by atoms with van der Waals surface area (Å²) in [7, 11) is 0. The Morgan fingerprint density at radius 2 is 1.87 bits per heavy atom. The number of hydrogen-bond donors (Lipinski definition) is 1. The molecule has 1 unspecified atom stereocenters. The number of carbonyl (C=O) groups excluding carboxylic acids is 1. The summed E-state index contributed by atoms with van der Waals surface area (Å²) in [5.41, 5.74) is 0.800. The summed E-state index contributed by atoms with van der Waals surface area (Å²) in [6.07, 6.45) is 0. The van der Waals surface area contributed by atoms with Crippen LogP contribution in [0.5, 0.6) is 5.75 Å². The fourth-order valence-corrected chi connectivity index (χ4v) is 5.61. The van der Waals surface area contributed by atoms with Gasteiger partial charge < -0.3 is 4.74 Å². The second-order valence-electron chi connectivity index (χ2n) is 6.17. The van der Waals surface area contributed by atoms with Crippen LogP contribution in [-0.2, 0) is 11.4 Å². The van der Waals surface area contributed by atoms with Crippen molar-refractivity contribution in [2.75, 3.05) is 10.8 Å². The van der Waals surface area contributed by atoms with Crippen molar-refractivity contribution < 1.29 is 9.53 Å². The third-order valence-electron chi connectivity index (χ3n) is 4.26. The summed E-state index contributed by atoms with van der Waals surface area (Å²) in [6, 6.07) is 10.4. The van der Waals surface area contributed by atoms with Crippen molar-refractivity contribution >= 4 is 76.3 Å². The van der Waals surface area contributed by atoms with Crippen LogP contribution in [0.3, 0.4) is 0 Å². The maximum absolute atomic E-state index is 12.7. The molecular formula is C18H12Cl4N4O2S2. The molecule has 2 heterocycles. The second kappa shape index (κ2) is 8.98. The molecule has 2 aromatic carbocycles. The number of nitrogens with zero attached hydrogens (tertiary/aromatic N) is 3. The van der Waals surface area contributed by atoms with Gasteiger partial charge in [-0.15, -0.1) is 11.8 Å². The number of rotatable bonds is 5. The van der Waals surface area contributed by atoms with Crippen molar-refractivity contribution in [3.05, 3.63) is 72.6 Å². The Morgan fingerprint density at radius 1 is 1.17 bits per heavy atom. The van der Waals surface area contributed by atoms with Crippen molar-refractivity contribution in [1.29, 1.82) is 0 Å². The SMILES string of the molecule is O=C1CSC(c2ccccc2Cl)N1n1c(COc2c(Cl)cc(Cl)cc2Cl)n[nH]c1=S. The molecule has 1 amide bonds. The molecule has 1 aliphatic rings. The number of hydrogen-bond acceptors (Lipinski definition) is 5. The molecule has 1 aromatic heterocycles. The number of amides is 1. The first-order valence-corrected chi connectivity index (χ1v) is 11.5. The van der Waals surface area contributed by atoms with Crippen molar-refractivity contribution in [3.8, 4) is 5.75 Å². The number of nitrogens with one attached hydrogen (secondary N) is 1. The van der Waals surface area contributed by atoms with E-state index in [9.17, 15) is 4.79 Å². The Balaban J connectivity index is 1.67. The lowest BCUT2D eigenvalue weighted by Gasteiger charge is -2.26. The van der Waals surface area contributed by atoms with Gasteiger partial charge >= 0.3 is 0 Å². The first-order valence-electron chi connectivity index (χ1n) is 8.49. The number of halogens is 4. The van der Waals surface area contributed by atoms with Gasteiger partial charge in [-0.2, -0.15) is 5.10 Å². The molecule has 1 saturated heterocycles. The van der Waals surface area contributed by atoms with Gasteiger partial charge in [0.05, 0.1) is 15.8 Å². The third kappa shape index (κ3) is 4.17. The van der Waals surface area contributed by atoms with E-state index in [1.807, 2.05) is 18.2 Å². The highest BCUT2D eigenvalue weighted by molar-refractivity contribution is 8.00. The monoisotopic (exact) mass is 520 g/mol. The molecule has 0 bridgehead atoms. The Morgan fingerprint density at radius 3 is 2.57 bits per heavy atom. The normalized spacial score (nSPS) is 16.3. The summed E-state index contributed by atoms with van der Waals surface area (Å²) in [6.45, 7) is -0.0437. The summed E-state index contributed by atoms with van der Waals surface area (Å²) < 4.78 is 7.54. The van der Waals surface area contributed by atoms with Crippen LogP contribution in [0.25, 0.3) is 0 Å². The lowest BCUT2D eigenvalue weighted by atomic mass is 10.2. The third-order valence-corrected chi connectivity index (χ3v) is 6.83. The van der Waals surface area contributed by atoms with Crippen LogP contribution in [0, 0.1) is 4.77 Å². The van der Waals surface area contributed by atoms with Crippen molar-refractivity contribution in [1.82, 2.24) is 14.9 Å². The first-order chi connectivity index (χ1) is 14.4. The molecule has 156 valence electrons. The standard InChI is InChI=1S/C18H12Cl4N4O2S2/c19-9-5-12(21)16(13(22)6-9)28-7-14-23-24-18(29)25(14)26-15(27)8-30-17(26)10-3-1-2-4-11(10)20/h1-6,17H,7-8H2,(H,24,29). The van der Waals surface area contributed by atoms with Gasteiger partial charge in [-0.3, -0.25) is 9.89 Å². The molecule has 0 radical (unpaired) electrons. The molecule has 1 atom stereocenters. The predicted octanol–water partition coefficient (Wildman–Crippen LogP) is 6.04. The molecule has 1 aliphatic heterocycles. The van der Waals surface area contributed by atoms with Crippen LogP contribution >= 0.6 is 70.4 Å². The first kappa shape index (κ1) is 21.8. The van der Waals surface area contributed by atoms with Gasteiger partial charge in [0.2, 0.25) is 4.77 Å². The number of carbonyl (C=O) groups is 1. The van der Waals surface area contributed by atoms with Crippen LogP contribution in [0.4, 0.5) is 0 Å². The van der Waals surface area contributed by atoms with Crippen LogP contribution < -0.4 is 9.75 Å². The quantitative estimate of drug-likeness (QED) is 0.414. The zero-order chi connectivity index (χ0) is 21.4. The molecule has 0 aliphatic carbocycles. The molecular weight excluding hydrogens is 510 g/mol. The van der Waals surface area contributed by atoms with E-state index >= 15 is 0 Å². The zero-order valence-electron chi connectivity index (χ0n) is 14.9. The molecule has 4 rings (SSSR count). The highest BCUT2D eigenvalue weighted by atomic mass is 35.5. The Kier molecular flexibility index (Phi) is 6.53. The minimum atomic E-state index is -0.364. The molecule has 3 aromatic rings. The van der Waals surface area contributed by atoms with Crippen LogP contribution in [-0.4, -0.2) is 26.5 Å². The fraction of sp³-hybridized carbons (Fsp3) is 0.167. The predicted molar refractivity (Wildman–Crippen MR) is 123 cm³/mol. The lowest BCUT2D eigenvalue weighted by molar-refractivity contribution is -0.117. The maximum Gasteiger partial charge on any atom is 0.252 e. The van der Waals surface area contributed by atoms with Crippen molar-refractivity contribution in [3.63, 3.8) is 0 Å². The molecule has 1 N–H and O–H groups in total. The average molecular weight is 522 g/mol. The fourth-order valence-electron chi connectivity index (χ4n) is 2.97. The topological polar surface area (TPSA) is 63.1 Å². The number of aromatic nitrogens is 3. The van der Waals surface area contributed by atoms with Crippen molar-refractivity contribution in [2.24, 2.45) is 0 Å².